The molecular weight excluding hydrogens is 217 g/mol. The van der Waals surface area contributed by atoms with E-state index in [0.29, 0.717) is 17.1 Å². The van der Waals surface area contributed by atoms with Gasteiger partial charge in [-0.25, -0.2) is 9.37 Å². The largest absolute Gasteiger partial charge is 0.396 e. The molecule has 0 radical (unpaired) electrons. The van der Waals surface area contributed by atoms with E-state index in [1.54, 1.807) is 36.5 Å². The summed E-state index contributed by atoms with van der Waals surface area (Å²) in [5.74, 6) is 0.338. The number of nitrogens with one attached hydrogen (secondary N) is 1. The van der Waals surface area contributed by atoms with E-state index in [9.17, 15) is 4.39 Å². The zero-order valence-corrected chi connectivity index (χ0v) is 9.52. The fourth-order valence-electron chi connectivity index (χ4n) is 1.65. The Labute approximate surface area is 99.5 Å². The predicted octanol–water partition coefficient (Wildman–Crippen LogP) is 2.98. The fourth-order valence-corrected chi connectivity index (χ4v) is 1.65. The number of nitrogens with zero attached hydrogens (tertiary/aromatic N) is 1. The molecule has 3 N–H and O–H groups in total. The van der Waals surface area contributed by atoms with Gasteiger partial charge < -0.3 is 11.1 Å². The van der Waals surface area contributed by atoms with Crippen molar-refractivity contribution in [3.05, 3.63) is 54.0 Å². The first-order valence-corrected chi connectivity index (χ1v) is 5.40. The van der Waals surface area contributed by atoms with Crippen molar-refractivity contribution < 1.29 is 4.39 Å². The molecule has 0 aliphatic heterocycles. The third-order valence-electron chi connectivity index (χ3n) is 2.56. The van der Waals surface area contributed by atoms with Gasteiger partial charge in [-0.15, -0.1) is 0 Å². The lowest BCUT2D eigenvalue weighted by atomic mass is 10.1. The molecule has 0 amide bonds. The molecule has 0 saturated heterocycles. The number of nitrogens with two attached hydrogens (primary N) is 1. The molecule has 1 aromatic heterocycles. The van der Waals surface area contributed by atoms with Gasteiger partial charge in [-0.2, -0.15) is 0 Å². The minimum atomic E-state index is -0.234. The molecule has 3 nitrogen and oxygen atoms in total. The lowest BCUT2D eigenvalue weighted by molar-refractivity contribution is 0.600. The second-order valence-electron chi connectivity index (χ2n) is 3.83. The predicted molar refractivity (Wildman–Crippen MR) is 67.1 cm³/mol. The second-order valence-corrected chi connectivity index (χ2v) is 3.83. The smallest absolute Gasteiger partial charge is 0.149 e. The Morgan fingerprint density at radius 1 is 1.24 bits per heavy atom. The Bertz CT molecular complexity index is 514. The van der Waals surface area contributed by atoms with Crippen molar-refractivity contribution in [2.24, 2.45) is 0 Å². The number of rotatable bonds is 3. The Morgan fingerprint density at radius 3 is 2.71 bits per heavy atom. The highest BCUT2D eigenvalue weighted by Crippen LogP contribution is 2.23. The van der Waals surface area contributed by atoms with E-state index in [1.165, 1.54) is 6.07 Å². The molecule has 0 aliphatic rings. The van der Waals surface area contributed by atoms with E-state index < -0.39 is 0 Å². The van der Waals surface area contributed by atoms with Crippen LogP contribution >= 0.6 is 0 Å². The standard InChI is InChI=1S/C13H14FN3/c1-9(10-5-2-3-6-11(10)14)17-13-12(15)7-4-8-16-13/h2-9H,15H2,1H3,(H,16,17). The Hall–Kier alpha value is -2.10. The second kappa shape index (κ2) is 4.82. The number of nitrogen functional groups attached to an aromatic ring is 1. The van der Waals surface area contributed by atoms with Gasteiger partial charge in [-0.05, 0) is 25.1 Å². The van der Waals surface area contributed by atoms with Gasteiger partial charge >= 0.3 is 0 Å². The van der Waals surface area contributed by atoms with Gasteiger partial charge in [0.05, 0.1) is 11.7 Å². The molecule has 0 saturated carbocycles. The summed E-state index contributed by atoms with van der Waals surface area (Å²) in [7, 11) is 0. The lowest BCUT2D eigenvalue weighted by Crippen LogP contribution is -2.11. The summed E-state index contributed by atoms with van der Waals surface area (Å²) in [5.41, 5.74) is 6.91. The summed E-state index contributed by atoms with van der Waals surface area (Å²) in [6.07, 6.45) is 1.65. The molecule has 0 spiro atoms. The third kappa shape index (κ3) is 2.53. The van der Waals surface area contributed by atoms with Crippen LogP contribution in [0.3, 0.4) is 0 Å². The third-order valence-corrected chi connectivity index (χ3v) is 2.56. The van der Waals surface area contributed by atoms with Crippen molar-refractivity contribution in [1.29, 1.82) is 0 Å². The van der Waals surface area contributed by atoms with Crippen LogP contribution in [-0.4, -0.2) is 4.98 Å². The molecule has 2 aromatic rings. The van der Waals surface area contributed by atoms with Gasteiger partial charge in [0.2, 0.25) is 0 Å². The SMILES string of the molecule is CC(Nc1ncccc1N)c1ccccc1F. The minimum absolute atomic E-state index is 0.187. The van der Waals surface area contributed by atoms with Crippen LogP contribution in [-0.2, 0) is 0 Å². The summed E-state index contributed by atoms with van der Waals surface area (Å²) in [6.45, 7) is 1.87. The van der Waals surface area contributed by atoms with Gasteiger partial charge in [0.25, 0.3) is 0 Å². The van der Waals surface area contributed by atoms with Gasteiger partial charge in [0, 0.05) is 11.8 Å². The first-order valence-electron chi connectivity index (χ1n) is 5.40. The topological polar surface area (TPSA) is 50.9 Å². The van der Waals surface area contributed by atoms with E-state index in [-0.39, 0.29) is 11.9 Å². The van der Waals surface area contributed by atoms with Crippen molar-refractivity contribution in [3.8, 4) is 0 Å². The van der Waals surface area contributed by atoms with Crippen molar-refractivity contribution in [2.75, 3.05) is 11.1 Å². The number of halogens is 1. The molecule has 1 atom stereocenters. The van der Waals surface area contributed by atoms with Crippen LogP contribution in [0, 0.1) is 5.82 Å². The summed E-state index contributed by atoms with van der Waals surface area (Å²) in [4.78, 5) is 4.11. The molecule has 0 bridgehead atoms. The molecule has 2 rings (SSSR count). The van der Waals surface area contributed by atoms with E-state index >= 15 is 0 Å². The van der Waals surface area contributed by atoms with Gasteiger partial charge in [0.15, 0.2) is 0 Å². The number of aromatic nitrogens is 1. The fraction of sp³-hybridized carbons (Fsp3) is 0.154. The van der Waals surface area contributed by atoms with Crippen LogP contribution in [0.1, 0.15) is 18.5 Å². The number of benzene rings is 1. The average molecular weight is 231 g/mol. The van der Waals surface area contributed by atoms with E-state index in [2.05, 4.69) is 10.3 Å². The van der Waals surface area contributed by atoms with E-state index in [4.69, 9.17) is 5.73 Å². The number of pyridine rings is 1. The maximum Gasteiger partial charge on any atom is 0.149 e. The molecular formula is C13H14FN3. The molecule has 0 aliphatic carbocycles. The molecule has 0 fully saturated rings. The highest BCUT2D eigenvalue weighted by atomic mass is 19.1. The molecule has 1 aromatic carbocycles. The molecule has 88 valence electrons. The van der Waals surface area contributed by atoms with Crippen molar-refractivity contribution in [3.63, 3.8) is 0 Å². The van der Waals surface area contributed by atoms with Crippen molar-refractivity contribution >= 4 is 11.5 Å². The summed E-state index contributed by atoms with van der Waals surface area (Å²) in [5, 5.41) is 3.09. The quantitative estimate of drug-likeness (QED) is 0.853. The summed E-state index contributed by atoms with van der Waals surface area (Å²) >= 11 is 0. The van der Waals surface area contributed by atoms with Crippen LogP contribution in [0.2, 0.25) is 0 Å². The van der Waals surface area contributed by atoms with Crippen LogP contribution in [0.25, 0.3) is 0 Å². The Kier molecular flexibility index (Phi) is 3.23. The van der Waals surface area contributed by atoms with Crippen LogP contribution in [0.5, 0.6) is 0 Å². The zero-order chi connectivity index (χ0) is 12.3. The normalized spacial score (nSPS) is 12.1. The van der Waals surface area contributed by atoms with Crippen molar-refractivity contribution in [1.82, 2.24) is 4.98 Å². The maximum atomic E-state index is 13.6. The number of hydrogen-bond donors (Lipinski definition) is 2. The molecule has 1 unspecified atom stereocenters. The Morgan fingerprint density at radius 2 is 2.00 bits per heavy atom. The van der Waals surface area contributed by atoms with Gasteiger partial charge in [-0.1, -0.05) is 18.2 Å². The first kappa shape index (κ1) is 11.4. The number of hydrogen-bond acceptors (Lipinski definition) is 3. The number of anilines is 2. The maximum absolute atomic E-state index is 13.6. The first-order chi connectivity index (χ1) is 8.18. The highest BCUT2D eigenvalue weighted by Gasteiger charge is 2.11. The highest BCUT2D eigenvalue weighted by molar-refractivity contribution is 5.61. The zero-order valence-electron chi connectivity index (χ0n) is 9.52. The van der Waals surface area contributed by atoms with Gasteiger partial charge in [-0.3, -0.25) is 0 Å². The average Bonchev–Trinajstić information content (AvgIpc) is 2.32. The van der Waals surface area contributed by atoms with E-state index in [1.807, 2.05) is 6.92 Å². The van der Waals surface area contributed by atoms with Crippen LogP contribution < -0.4 is 11.1 Å². The van der Waals surface area contributed by atoms with Gasteiger partial charge in [0.1, 0.15) is 11.6 Å². The van der Waals surface area contributed by atoms with E-state index in [0.717, 1.165) is 0 Å². The molecule has 17 heavy (non-hydrogen) atoms. The Balaban J connectivity index is 2.20. The van der Waals surface area contributed by atoms with Crippen LogP contribution in [0.4, 0.5) is 15.9 Å². The van der Waals surface area contributed by atoms with Crippen LogP contribution in [0.15, 0.2) is 42.6 Å². The summed E-state index contributed by atoms with van der Waals surface area (Å²) in [6, 6.07) is 9.98. The molecule has 4 heteroatoms. The monoisotopic (exact) mass is 231 g/mol. The minimum Gasteiger partial charge on any atom is -0.396 e. The summed E-state index contributed by atoms with van der Waals surface area (Å²) < 4.78 is 13.6. The molecule has 1 heterocycles. The van der Waals surface area contributed by atoms with Crippen molar-refractivity contribution in [2.45, 2.75) is 13.0 Å². The lowest BCUT2D eigenvalue weighted by Gasteiger charge is -2.16.